The monoisotopic (exact) mass is 662 g/mol. The highest BCUT2D eigenvalue weighted by Crippen LogP contribution is 2.34. The van der Waals surface area contributed by atoms with Gasteiger partial charge in [-0.3, -0.25) is 9.69 Å². The molecule has 0 saturated carbocycles. The minimum Gasteiger partial charge on any atom is -0.406 e. The second-order valence-electron chi connectivity index (χ2n) is 11.4. The number of nitrogens with zero attached hydrogens (tertiary/aromatic N) is 5. The van der Waals surface area contributed by atoms with Crippen molar-refractivity contribution in [3.05, 3.63) is 95.3 Å². The number of ether oxygens (including phenoxy) is 1. The van der Waals surface area contributed by atoms with E-state index in [1.54, 1.807) is 0 Å². The zero-order valence-corrected chi connectivity index (χ0v) is 27.2. The molecule has 3 amide bonds. The number of aromatic nitrogens is 3. The van der Waals surface area contributed by atoms with Gasteiger partial charge in [0, 0.05) is 11.6 Å². The van der Waals surface area contributed by atoms with Gasteiger partial charge in [0.25, 0.3) is 0 Å². The van der Waals surface area contributed by atoms with E-state index >= 15 is 0 Å². The second-order valence-corrected chi connectivity index (χ2v) is 12.3. The fourth-order valence-corrected chi connectivity index (χ4v) is 5.77. The van der Waals surface area contributed by atoms with Crippen molar-refractivity contribution in [3.8, 4) is 22.8 Å². The minimum absolute atomic E-state index is 0.120. The lowest BCUT2D eigenvalue weighted by Crippen LogP contribution is -2.35. The first kappa shape index (κ1) is 33.5. The smallest absolute Gasteiger partial charge is 0.406 e. The highest BCUT2D eigenvalue weighted by Gasteiger charge is 2.33. The highest BCUT2D eigenvalue weighted by atomic mass is 32.2. The Balaban J connectivity index is 1.27. The number of carbonyl (C=O) groups excluding carboxylic acids is 2. The van der Waals surface area contributed by atoms with Crippen LogP contribution in [0, 0.1) is 6.92 Å². The highest BCUT2D eigenvalue weighted by molar-refractivity contribution is 8.15. The summed E-state index contributed by atoms with van der Waals surface area (Å²) in [4.78, 5) is 36.1. The number of urea groups is 1. The van der Waals surface area contributed by atoms with E-state index in [0.717, 1.165) is 33.5 Å². The Morgan fingerprint density at radius 3 is 2.53 bits per heavy atom. The van der Waals surface area contributed by atoms with Crippen LogP contribution < -0.4 is 15.0 Å². The first-order valence-corrected chi connectivity index (χ1v) is 15.8. The van der Waals surface area contributed by atoms with Gasteiger partial charge in [0.05, 0.1) is 17.1 Å². The van der Waals surface area contributed by atoms with Crippen molar-refractivity contribution >= 4 is 40.6 Å². The number of thioether (sulfide) groups is 1. The zero-order valence-electron chi connectivity index (χ0n) is 26.4. The number of nitrogens with one attached hydrogen (secondary N) is 1. The van der Waals surface area contributed by atoms with Crippen molar-refractivity contribution in [2.75, 3.05) is 10.7 Å². The summed E-state index contributed by atoms with van der Waals surface area (Å²) in [5.74, 6) is 0.364. The van der Waals surface area contributed by atoms with Crippen LogP contribution in [-0.4, -0.2) is 50.0 Å². The molecule has 1 aromatic heterocycles. The molecule has 244 valence electrons. The number of hydrogen-bond donors (Lipinski definition) is 1. The van der Waals surface area contributed by atoms with Crippen LogP contribution in [0.1, 0.15) is 50.3 Å². The van der Waals surface area contributed by atoms with Gasteiger partial charge in [-0.15, -0.1) is 18.3 Å². The molecule has 9 nitrogen and oxygen atoms in total. The number of aryl methyl sites for hydroxylation is 1. The molecule has 3 aromatic carbocycles. The summed E-state index contributed by atoms with van der Waals surface area (Å²) in [6.07, 6.45) is -1.36. The van der Waals surface area contributed by atoms with Crippen LogP contribution >= 0.6 is 11.8 Å². The number of aliphatic imine (C=N–C) groups is 1. The lowest BCUT2D eigenvalue weighted by Gasteiger charge is -2.22. The summed E-state index contributed by atoms with van der Waals surface area (Å²) in [7, 11) is 0. The first-order chi connectivity index (χ1) is 22.3. The number of hydrogen-bond acceptors (Lipinski definition) is 6. The van der Waals surface area contributed by atoms with Crippen LogP contribution in [0.4, 0.5) is 23.7 Å². The fourth-order valence-electron chi connectivity index (χ4n) is 4.91. The predicted molar refractivity (Wildman–Crippen MR) is 178 cm³/mol. The van der Waals surface area contributed by atoms with E-state index in [-0.39, 0.29) is 29.4 Å². The van der Waals surface area contributed by atoms with Crippen molar-refractivity contribution in [1.29, 1.82) is 0 Å². The van der Waals surface area contributed by atoms with Gasteiger partial charge < -0.3 is 10.1 Å². The van der Waals surface area contributed by atoms with Gasteiger partial charge in [-0.25, -0.2) is 14.5 Å². The maximum atomic E-state index is 13.0. The van der Waals surface area contributed by atoms with Crippen molar-refractivity contribution in [2.45, 2.75) is 52.9 Å². The van der Waals surface area contributed by atoms with Crippen LogP contribution in [0.15, 0.2) is 83.6 Å². The van der Waals surface area contributed by atoms with E-state index in [0.29, 0.717) is 16.7 Å². The number of carbonyl (C=O) groups is 2. The lowest BCUT2D eigenvalue weighted by atomic mass is 9.99. The maximum Gasteiger partial charge on any atom is 0.573 e. The van der Waals surface area contributed by atoms with Crippen molar-refractivity contribution in [1.82, 2.24) is 20.1 Å². The Hall–Kier alpha value is -4.91. The lowest BCUT2D eigenvalue weighted by molar-refractivity contribution is -0.274. The molecule has 2 heterocycles. The quantitative estimate of drug-likeness (QED) is 0.206. The van der Waals surface area contributed by atoms with Gasteiger partial charge >= 0.3 is 12.4 Å². The Kier molecular flexibility index (Phi) is 9.85. The van der Waals surface area contributed by atoms with Crippen LogP contribution in [0.25, 0.3) is 23.2 Å². The fraction of sp³-hybridized carbons (Fsp3) is 0.265. The van der Waals surface area contributed by atoms with Crippen LogP contribution in [-0.2, 0) is 4.79 Å². The topological polar surface area (TPSA) is 102 Å². The predicted octanol–water partition coefficient (Wildman–Crippen LogP) is 7.90. The molecule has 4 aromatic rings. The summed E-state index contributed by atoms with van der Waals surface area (Å²) in [6.45, 7) is 9.83. The van der Waals surface area contributed by atoms with E-state index in [2.05, 4.69) is 39.0 Å². The van der Waals surface area contributed by atoms with Crippen molar-refractivity contribution in [3.63, 3.8) is 0 Å². The number of halogens is 3. The molecule has 1 unspecified atom stereocenters. The van der Waals surface area contributed by atoms with Gasteiger partial charge in [0.1, 0.15) is 12.1 Å². The van der Waals surface area contributed by atoms with Gasteiger partial charge in [-0.05, 0) is 79.8 Å². The number of amidine groups is 1. The third kappa shape index (κ3) is 8.28. The number of benzene rings is 3. The molecule has 0 bridgehead atoms. The van der Waals surface area contributed by atoms with Crippen molar-refractivity contribution in [2.24, 2.45) is 4.99 Å². The van der Waals surface area contributed by atoms with E-state index in [1.807, 2.05) is 69.3 Å². The summed E-state index contributed by atoms with van der Waals surface area (Å²) in [6, 6.07) is 17.9. The molecule has 1 saturated heterocycles. The Bertz CT molecular complexity index is 1850. The van der Waals surface area contributed by atoms with E-state index in [9.17, 15) is 22.8 Å². The van der Waals surface area contributed by atoms with Crippen LogP contribution in [0.2, 0.25) is 0 Å². The van der Waals surface area contributed by atoms with Gasteiger partial charge in [-0.2, -0.15) is 4.99 Å². The zero-order chi connectivity index (χ0) is 33.9. The molecule has 1 fully saturated rings. The Labute approximate surface area is 274 Å². The molecule has 5 rings (SSSR count). The average Bonchev–Trinajstić information content (AvgIpc) is 3.63. The standard InChI is InChI=1S/C34H33F3N6O3S/c1-20(2)28-14-9-21(3)15-29(28)43-30(44)18-47-33(43)40-32(45)39-23(5)22(4)16-24-7-6-8-25(17-24)31-38-19-42(41-31)26-10-12-27(13-11-26)46-34(35,36)37/h6-17,19-20,23H,18H2,1-5H3,(H,39,45)/b22-16-,40-33?. The SMILES string of the molecule is C/C(=C/c1cccc(-c2ncn(-c3ccc(OC(F)(F)F)cc3)n2)c1)C(C)NC(=O)N=C1SCC(=O)N1c1cc(C)ccc1C(C)C. The normalized spacial score (nSPS) is 15.4. The summed E-state index contributed by atoms with van der Waals surface area (Å²) >= 11 is 1.24. The first-order valence-electron chi connectivity index (χ1n) is 14.8. The van der Waals surface area contributed by atoms with Crippen LogP contribution in [0.5, 0.6) is 5.75 Å². The summed E-state index contributed by atoms with van der Waals surface area (Å²) in [5.41, 5.74) is 5.71. The Morgan fingerprint density at radius 1 is 1.09 bits per heavy atom. The number of amides is 3. The van der Waals surface area contributed by atoms with Gasteiger partial charge in [0.2, 0.25) is 5.91 Å². The molecule has 1 N–H and O–H groups in total. The molecule has 1 atom stereocenters. The molecule has 1 aliphatic rings. The van der Waals surface area contributed by atoms with E-state index in [1.165, 1.54) is 51.9 Å². The third-order valence-corrected chi connectivity index (χ3v) is 8.32. The third-order valence-electron chi connectivity index (χ3n) is 7.40. The van der Waals surface area contributed by atoms with Crippen LogP contribution in [0.3, 0.4) is 0 Å². The second kappa shape index (κ2) is 13.8. The number of rotatable bonds is 8. The molecule has 0 aliphatic carbocycles. The molecular formula is C34H33F3N6O3S. The van der Waals surface area contributed by atoms with Crippen molar-refractivity contribution < 1.29 is 27.5 Å². The molecule has 47 heavy (non-hydrogen) atoms. The Morgan fingerprint density at radius 2 is 1.83 bits per heavy atom. The molecular weight excluding hydrogens is 629 g/mol. The maximum absolute atomic E-state index is 13.0. The summed E-state index contributed by atoms with van der Waals surface area (Å²) < 4.78 is 42.8. The molecule has 13 heteroatoms. The van der Waals surface area contributed by atoms with Gasteiger partial charge in [0.15, 0.2) is 11.0 Å². The minimum atomic E-state index is -4.77. The van der Waals surface area contributed by atoms with E-state index in [4.69, 9.17) is 0 Å². The average molecular weight is 663 g/mol. The van der Waals surface area contributed by atoms with E-state index < -0.39 is 12.4 Å². The number of alkyl halides is 3. The van der Waals surface area contributed by atoms with Gasteiger partial charge in [-0.1, -0.05) is 67.6 Å². The molecule has 0 radical (unpaired) electrons. The molecule has 0 spiro atoms. The number of anilines is 1. The largest absolute Gasteiger partial charge is 0.573 e. The summed E-state index contributed by atoms with van der Waals surface area (Å²) in [5, 5.41) is 7.72. The molecule has 1 aliphatic heterocycles.